The summed E-state index contributed by atoms with van der Waals surface area (Å²) in [4.78, 5) is 11.0. The van der Waals surface area contributed by atoms with Crippen molar-refractivity contribution in [1.82, 2.24) is 0 Å². The van der Waals surface area contributed by atoms with E-state index in [9.17, 15) is 9.18 Å². The molecule has 3 aromatic rings. The van der Waals surface area contributed by atoms with Crippen LogP contribution in [-0.2, 0) is 5.41 Å². The van der Waals surface area contributed by atoms with E-state index < -0.39 is 11.8 Å². The van der Waals surface area contributed by atoms with Crippen molar-refractivity contribution >= 4 is 23.3 Å². The van der Waals surface area contributed by atoms with E-state index in [1.165, 1.54) is 46.0 Å². The highest BCUT2D eigenvalue weighted by Crippen LogP contribution is 2.43. The predicted octanol–water partition coefficient (Wildman–Crippen LogP) is 7.42. The van der Waals surface area contributed by atoms with Gasteiger partial charge in [0.1, 0.15) is 5.82 Å². The second kappa shape index (κ2) is 9.22. The first-order valence-corrected chi connectivity index (χ1v) is 11.4. The van der Waals surface area contributed by atoms with Crippen LogP contribution >= 0.6 is 0 Å². The molecule has 3 aromatic carbocycles. The van der Waals surface area contributed by atoms with Crippen molar-refractivity contribution in [3.05, 3.63) is 118 Å². The average Bonchev–Trinajstić information content (AvgIpc) is 2.84. The Bertz CT molecular complexity index is 1330. The minimum Gasteiger partial charge on any atom is -0.478 e. The van der Waals surface area contributed by atoms with Gasteiger partial charge in [-0.15, -0.1) is 0 Å². The Labute approximate surface area is 199 Å². The summed E-state index contributed by atoms with van der Waals surface area (Å²) in [5.41, 5.74) is 7.20. The molecule has 0 radical (unpaired) electrons. The Kier molecular flexibility index (Phi) is 6.34. The molecule has 4 heteroatoms. The highest BCUT2D eigenvalue weighted by atomic mass is 19.1. The SMILES string of the molecule is CCC1(C)CC=C(c2ccc(C)cc2)c2ccc(C(=N)/C=C/c3ccc(C(=O)O)cc3F)cc21. The number of fused-ring (bicyclic) bond motifs is 1. The number of carbonyl (C=O) groups is 1. The monoisotopic (exact) mass is 453 g/mol. The van der Waals surface area contributed by atoms with Crippen molar-refractivity contribution in [2.75, 3.05) is 0 Å². The van der Waals surface area contributed by atoms with Crippen molar-refractivity contribution in [1.29, 1.82) is 5.41 Å². The molecule has 1 aliphatic carbocycles. The normalized spacial score (nSPS) is 17.4. The van der Waals surface area contributed by atoms with Crippen molar-refractivity contribution in [3.8, 4) is 0 Å². The zero-order valence-electron chi connectivity index (χ0n) is 19.7. The lowest BCUT2D eigenvalue weighted by Crippen LogP contribution is -2.25. The molecule has 1 unspecified atom stereocenters. The first-order valence-electron chi connectivity index (χ1n) is 11.4. The summed E-state index contributed by atoms with van der Waals surface area (Å²) in [6.45, 7) is 6.53. The Morgan fingerprint density at radius 2 is 1.79 bits per heavy atom. The maximum atomic E-state index is 14.3. The number of aromatic carboxylic acids is 1. The maximum Gasteiger partial charge on any atom is 0.335 e. The van der Waals surface area contributed by atoms with Gasteiger partial charge in [-0.1, -0.05) is 68.0 Å². The van der Waals surface area contributed by atoms with E-state index in [1.807, 2.05) is 6.07 Å². The average molecular weight is 454 g/mol. The van der Waals surface area contributed by atoms with E-state index in [4.69, 9.17) is 10.5 Å². The Hall–Kier alpha value is -3.79. The molecule has 2 N–H and O–H groups in total. The molecular weight excluding hydrogens is 425 g/mol. The van der Waals surface area contributed by atoms with Crippen LogP contribution in [0.5, 0.6) is 0 Å². The minimum atomic E-state index is -1.17. The quantitative estimate of drug-likeness (QED) is 0.382. The third-order valence-corrected chi connectivity index (χ3v) is 6.85. The van der Waals surface area contributed by atoms with Gasteiger partial charge < -0.3 is 10.5 Å². The molecule has 1 aliphatic rings. The lowest BCUT2D eigenvalue weighted by molar-refractivity contribution is 0.0696. The van der Waals surface area contributed by atoms with E-state index in [0.29, 0.717) is 0 Å². The van der Waals surface area contributed by atoms with Crippen LogP contribution in [0.3, 0.4) is 0 Å². The van der Waals surface area contributed by atoms with Crippen molar-refractivity contribution < 1.29 is 14.3 Å². The highest BCUT2D eigenvalue weighted by Gasteiger charge is 2.31. The van der Waals surface area contributed by atoms with Crippen molar-refractivity contribution in [2.45, 2.75) is 39.0 Å². The molecule has 0 bridgehead atoms. The van der Waals surface area contributed by atoms with E-state index >= 15 is 0 Å². The van der Waals surface area contributed by atoms with Crippen LogP contribution in [0.25, 0.3) is 11.6 Å². The maximum absolute atomic E-state index is 14.3. The van der Waals surface area contributed by atoms with Gasteiger partial charge in [-0.3, -0.25) is 0 Å². The van der Waals surface area contributed by atoms with Crippen LogP contribution in [0.4, 0.5) is 4.39 Å². The third kappa shape index (κ3) is 4.49. The largest absolute Gasteiger partial charge is 0.478 e. The molecule has 0 aromatic heterocycles. The molecule has 0 fully saturated rings. The number of hydrogen-bond donors (Lipinski definition) is 2. The number of allylic oxidation sites excluding steroid dienone is 2. The molecule has 4 rings (SSSR count). The van der Waals surface area contributed by atoms with Crippen LogP contribution in [0, 0.1) is 18.2 Å². The fourth-order valence-electron chi connectivity index (χ4n) is 4.40. The molecule has 0 saturated heterocycles. The summed E-state index contributed by atoms with van der Waals surface area (Å²) >= 11 is 0. The third-order valence-electron chi connectivity index (χ3n) is 6.85. The van der Waals surface area contributed by atoms with E-state index in [1.54, 1.807) is 6.08 Å². The van der Waals surface area contributed by atoms with Gasteiger partial charge in [0.2, 0.25) is 0 Å². The molecule has 1 atom stereocenters. The summed E-state index contributed by atoms with van der Waals surface area (Å²) in [6.07, 6.45) is 7.30. The summed E-state index contributed by atoms with van der Waals surface area (Å²) in [7, 11) is 0. The number of aryl methyl sites for hydroxylation is 1. The molecule has 34 heavy (non-hydrogen) atoms. The molecule has 0 amide bonds. The number of halogens is 1. The lowest BCUT2D eigenvalue weighted by atomic mass is 9.69. The number of carboxylic acid groups (broad SMARTS) is 1. The van der Waals surface area contributed by atoms with E-state index in [0.717, 1.165) is 24.5 Å². The Balaban J connectivity index is 1.67. The standard InChI is InChI=1S/C30H28FNO2/c1-4-30(3)16-15-24(20-7-5-19(2)6-8-20)25-13-11-22(17-26(25)30)28(32)14-12-21-9-10-23(29(33)34)18-27(21)31/h5-15,17-18,32H,4,16H2,1-3H3,(H,33,34)/b14-12+,32-28?. The van der Waals surface area contributed by atoms with Crippen LogP contribution in [0.15, 0.2) is 72.8 Å². The summed E-state index contributed by atoms with van der Waals surface area (Å²) < 4.78 is 14.3. The fourth-order valence-corrected chi connectivity index (χ4v) is 4.40. The van der Waals surface area contributed by atoms with Crippen LogP contribution < -0.4 is 0 Å². The lowest BCUT2D eigenvalue weighted by Gasteiger charge is -2.35. The van der Waals surface area contributed by atoms with Gasteiger partial charge in [0.05, 0.1) is 11.3 Å². The number of nitrogens with one attached hydrogen (secondary N) is 1. The number of hydrogen-bond acceptors (Lipinski definition) is 2. The van der Waals surface area contributed by atoms with Crippen LogP contribution in [0.2, 0.25) is 0 Å². The first-order chi connectivity index (χ1) is 16.2. The first kappa shape index (κ1) is 23.4. The molecular formula is C30H28FNO2. The predicted molar refractivity (Wildman–Crippen MR) is 136 cm³/mol. The molecule has 0 heterocycles. The molecule has 0 aliphatic heterocycles. The summed E-state index contributed by atoms with van der Waals surface area (Å²) in [6, 6.07) is 18.5. The minimum absolute atomic E-state index is 0.0255. The van der Waals surface area contributed by atoms with Gasteiger partial charge in [0, 0.05) is 5.56 Å². The summed E-state index contributed by atoms with van der Waals surface area (Å²) in [5, 5.41) is 17.6. The second-order valence-electron chi connectivity index (χ2n) is 9.15. The Morgan fingerprint density at radius 1 is 1.09 bits per heavy atom. The molecule has 172 valence electrons. The zero-order valence-corrected chi connectivity index (χ0v) is 19.7. The second-order valence-corrected chi connectivity index (χ2v) is 9.15. The van der Waals surface area contributed by atoms with Gasteiger partial charge >= 0.3 is 5.97 Å². The van der Waals surface area contributed by atoms with Gasteiger partial charge in [0.25, 0.3) is 0 Å². The van der Waals surface area contributed by atoms with E-state index in [2.05, 4.69) is 63.2 Å². The highest BCUT2D eigenvalue weighted by molar-refractivity contribution is 6.09. The number of rotatable bonds is 6. The smallest absolute Gasteiger partial charge is 0.335 e. The van der Waals surface area contributed by atoms with Gasteiger partial charge in [0.15, 0.2) is 0 Å². The van der Waals surface area contributed by atoms with Crippen LogP contribution in [-0.4, -0.2) is 16.8 Å². The molecule has 0 spiro atoms. The topological polar surface area (TPSA) is 61.2 Å². The summed E-state index contributed by atoms with van der Waals surface area (Å²) in [5.74, 6) is -1.80. The number of benzene rings is 3. The fraction of sp³-hybridized carbons (Fsp3) is 0.200. The molecule has 3 nitrogen and oxygen atoms in total. The molecule has 0 saturated carbocycles. The zero-order chi connectivity index (χ0) is 24.5. The Morgan fingerprint density at radius 3 is 2.44 bits per heavy atom. The number of carboxylic acids is 1. The van der Waals surface area contributed by atoms with Crippen LogP contribution in [0.1, 0.15) is 70.4 Å². The van der Waals surface area contributed by atoms with E-state index in [-0.39, 0.29) is 22.3 Å². The van der Waals surface area contributed by atoms with Gasteiger partial charge in [-0.2, -0.15) is 0 Å². The van der Waals surface area contributed by atoms with Crippen molar-refractivity contribution in [2.24, 2.45) is 0 Å². The van der Waals surface area contributed by atoms with Gasteiger partial charge in [-0.05, 0) is 83.4 Å². The van der Waals surface area contributed by atoms with Gasteiger partial charge in [-0.25, -0.2) is 9.18 Å². The van der Waals surface area contributed by atoms with Crippen molar-refractivity contribution in [3.63, 3.8) is 0 Å².